The van der Waals surface area contributed by atoms with E-state index in [4.69, 9.17) is 0 Å². The largest absolute Gasteiger partial charge is 0.506 e. The van der Waals surface area contributed by atoms with Crippen LogP contribution in [-0.2, 0) is 0 Å². The fourth-order valence-electron chi connectivity index (χ4n) is 2.06. The van der Waals surface area contributed by atoms with E-state index in [-0.39, 0.29) is 17.1 Å². The molecule has 0 radical (unpaired) electrons. The Morgan fingerprint density at radius 2 is 1.52 bits per heavy atom. The molecule has 0 aliphatic heterocycles. The van der Waals surface area contributed by atoms with Crippen molar-refractivity contribution < 1.29 is 10.2 Å². The molecule has 7 heteroatoms. The van der Waals surface area contributed by atoms with Gasteiger partial charge in [0, 0.05) is 12.4 Å². The van der Waals surface area contributed by atoms with Crippen molar-refractivity contribution in [3.05, 3.63) is 65.5 Å². The minimum Gasteiger partial charge on any atom is -0.506 e. The third-order valence-electron chi connectivity index (χ3n) is 3.13. The number of hydrogen-bond donors (Lipinski definition) is 3. The van der Waals surface area contributed by atoms with Gasteiger partial charge in [-0.3, -0.25) is 9.78 Å². The third kappa shape index (κ3) is 2.93. The molecule has 0 amide bonds. The van der Waals surface area contributed by atoms with E-state index < -0.39 is 0 Å². The molecule has 0 aliphatic carbocycles. The molecular weight excluding hydrogens is 296 g/mol. The average molecular weight is 308 g/mol. The number of fused-ring (bicyclic) bond motifs is 2. The second-order valence-electron chi connectivity index (χ2n) is 4.61. The van der Waals surface area contributed by atoms with Crippen molar-refractivity contribution in [3.8, 4) is 11.5 Å². The molecule has 0 fully saturated rings. The molecule has 7 nitrogen and oxygen atoms in total. The van der Waals surface area contributed by atoms with Crippen LogP contribution in [0.3, 0.4) is 0 Å². The molecule has 2 aromatic heterocycles. The first-order valence-electron chi connectivity index (χ1n) is 6.71. The van der Waals surface area contributed by atoms with E-state index in [0.29, 0.717) is 21.9 Å². The SMILES string of the molecule is O=c1[nH]cnc2c(O)cccc12.Oc1cccc2nccnc12. The maximum Gasteiger partial charge on any atom is 0.258 e. The van der Waals surface area contributed by atoms with Crippen LogP contribution in [0.5, 0.6) is 11.5 Å². The quantitative estimate of drug-likeness (QED) is 0.458. The highest BCUT2D eigenvalue weighted by Gasteiger charge is 2.01. The maximum atomic E-state index is 11.1. The Hall–Kier alpha value is -3.48. The van der Waals surface area contributed by atoms with Gasteiger partial charge in [-0.25, -0.2) is 9.97 Å². The molecule has 0 spiro atoms. The molecule has 0 aliphatic rings. The van der Waals surface area contributed by atoms with Gasteiger partial charge in [-0.15, -0.1) is 0 Å². The predicted molar refractivity (Wildman–Crippen MR) is 85.2 cm³/mol. The smallest absolute Gasteiger partial charge is 0.258 e. The number of aromatic nitrogens is 4. The van der Waals surface area contributed by atoms with Gasteiger partial charge in [-0.05, 0) is 24.3 Å². The molecule has 0 saturated heterocycles. The summed E-state index contributed by atoms with van der Waals surface area (Å²) in [6, 6.07) is 9.86. The molecule has 2 aromatic carbocycles. The van der Waals surface area contributed by atoms with Crippen molar-refractivity contribution in [2.24, 2.45) is 0 Å². The first kappa shape index (κ1) is 14.5. The number of hydrogen-bond acceptors (Lipinski definition) is 6. The van der Waals surface area contributed by atoms with E-state index >= 15 is 0 Å². The van der Waals surface area contributed by atoms with E-state index in [1.54, 1.807) is 36.7 Å². The Balaban J connectivity index is 0.000000136. The summed E-state index contributed by atoms with van der Waals surface area (Å²) in [5, 5.41) is 18.9. The second-order valence-corrected chi connectivity index (χ2v) is 4.61. The Labute approximate surface area is 129 Å². The van der Waals surface area contributed by atoms with Crippen molar-refractivity contribution in [2.75, 3.05) is 0 Å². The van der Waals surface area contributed by atoms with Gasteiger partial charge in [0.25, 0.3) is 5.56 Å². The predicted octanol–water partition coefficient (Wildman–Crippen LogP) is 1.96. The lowest BCUT2D eigenvalue weighted by atomic mass is 10.2. The van der Waals surface area contributed by atoms with Crippen molar-refractivity contribution in [3.63, 3.8) is 0 Å². The standard InChI is InChI=1S/C8H6N2O2.C8H6N2O/c11-6-3-1-2-5-7(6)9-4-10-8(5)12;11-7-3-1-2-6-8(7)10-5-4-9-6/h1-4,11H,(H,9,10,12);1-5,11H. The normalized spacial score (nSPS) is 10.3. The summed E-state index contributed by atoms with van der Waals surface area (Å²) < 4.78 is 0. The van der Waals surface area contributed by atoms with Crippen LogP contribution in [-0.4, -0.2) is 30.1 Å². The molecule has 0 unspecified atom stereocenters. The van der Waals surface area contributed by atoms with Gasteiger partial charge < -0.3 is 15.2 Å². The molecule has 0 saturated carbocycles. The Bertz CT molecular complexity index is 1020. The number of nitrogens with one attached hydrogen (secondary N) is 1. The van der Waals surface area contributed by atoms with Gasteiger partial charge in [-0.2, -0.15) is 0 Å². The molecule has 23 heavy (non-hydrogen) atoms. The maximum absolute atomic E-state index is 11.1. The first-order chi connectivity index (χ1) is 11.2. The minimum absolute atomic E-state index is 0.0265. The van der Waals surface area contributed by atoms with Crippen LogP contribution in [0, 0.1) is 0 Å². The number of benzene rings is 2. The average Bonchev–Trinajstić information content (AvgIpc) is 2.57. The highest BCUT2D eigenvalue weighted by Crippen LogP contribution is 2.19. The Kier molecular flexibility index (Phi) is 3.84. The Morgan fingerprint density at radius 3 is 2.26 bits per heavy atom. The highest BCUT2D eigenvalue weighted by atomic mass is 16.3. The van der Waals surface area contributed by atoms with E-state index in [9.17, 15) is 15.0 Å². The van der Waals surface area contributed by atoms with Gasteiger partial charge in [-0.1, -0.05) is 12.1 Å². The van der Waals surface area contributed by atoms with Gasteiger partial charge in [0.1, 0.15) is 22.5 Å². The molecule has 2 heterocycles. The Morgan fingerprint density at radius 1 is 0.826 bits per heavy atom. The molecule has 4 aromatic rings. The zero-order chi connectivity index (χ0) is 16.2. The number of aromatic amines is 1. The monoisotopic (exact) mass is 308 g/mol. The van der Waals surface area contributed by atoms with E-state index in [0.717, 1.165) is 0 Å². The van der Waals surface area contributed by atoms with Crippen LogP contribution in [0.15, 0.2) is 59.9 Å². The number of phenols is 2. The topological polar surface area (TPSA) is 112 Å². The van der Waals surface area contributed by atoms with Crippen molar-refractivity contribution in [2.45, 2.75) is 0 Å². The van der Waals surface area contributed by atoms with Gasteiger partial charge in [0.15, 0.2) is 0 Å². The van der Waals surface area contributed by atoms with Crippen LogP contribution in [0.4, 0.5) is 0 Å². The fraction of sp³-hybridized carbons (Fsp3) is 0. The number of phenolic OH excluding ortho intramolecular Hbond substituents is 2. The zero-order valence-electron chi connectivity index (χ0n) is 11.8. The molecule has 114 valence electrons. The lowest BCUT2D eigenvalue weighted by Gasteiger charge is -1.96. The summed E-state index contributed by atoms with van der Waals surface area (Å²) >= 11 is 0. The van der Waals surface area contributed by atoms with Crippen LogP contribution in [0.2, 0.25) is 0 Å². The molecule has 0 atom stereocenters. The number of rotatable bonds is 0. The van der Waals surface area contributed by atoms with E-state index in [2.05, 4.69) is 19.9 Å². The van der Waals surface area contributed by atoms with Crippen LogP contribution >= 0.6 is 0 Å². The summed E-state index contributed by atoms with van der Waals surface area (Å²) in [5.41, 5.74) is 1.36. The van der Waals surface area contributed by atoms with Crippen molar-refractivity contribution >= 4 is 21.9 Å². The number of H-pyrrole nitrogens is 1. The second kappa shape index (κ2) is 6.10. The molecule has 0 bridgehead atoms. The van der Waals surface area contributed by atoms with Crippen molar-refractivity contribution in [1.29, 1.82) is 0 Å². The van der Waals surface area contributed by atoms with Crippen LogP contribution < -0.4 is 5.56 Å². The van der Waals surface area contributed by atoms with E-state index in [1.165, 1.54) is 12.4 Å². The van der Waals surface area contributed by atoms with Crippen LogP contribution in [0.25, 0.3) is 21.9 Å². The third-order valence-corrected chi connectivity index (χ3v) is 3.13. The van der Waals surface area contributed by atoms with Crippen LogP contribution in [0.1, 0.15) is 0 Å². The summed E-state index contributed by atoms with van der Waals surface area (Å²) in [6.07, 6.45) is 4.42. The van der Waals surface area contributed by atoms with E-state index in [1.807, 2.05) is 6.07 Å². The number of nitrogens with zero attached hydrogens (tertiary/aromatic N) is 3. The lowest BCUT2D eigenvalue weighted by Crippen LogP contribution is -2.05. The summed E-state index contributed by atoms with van der Waals surface area (Å²) in [6.45, 7) is 0. The molecular formula is C16H12N4O3. The minimum atomic E-state index is -0.240. The lowest BCUT2D eigenvalue weighted by molar-refractivity contribution is 0.479. The number of para-hydroxylation sites is 2. The summed E-state index contributed by atoms with van der Waals surface area (Å²) in [4.78, 5) is 25.4. The highest BCUT2D eigenvalue weighted by molar-refractivity contribution is 5.82. The number of aromatic hydroxyl groups is 2. The fourth-order valence-corrected chi connectivity index (χ4v) is 2.06. The zero-order valence-corrected chi connectivity index (χ0v) is 11.8. The van der Waals surface area contributed by atoms with Crippen molar-refractivity contribution in [1.82, 2.24) is 19.9 Å². The van der Waals surface area contributed by atoms with Gasteiger partial charge >= 0.3 is 0 Å². The first-order valence-corrected chi connectivity index (χ1v) is 6.71. The summed E-state index contributed by atoms with van der Waals surface area (Å²) in [7, 11) is 0. The molecule has 3 N–H and O–H groups in total. The van der Waals surface area contributed by atoms with Gasteiger partial charge in [0.2, 0.25) is 0 Å². The van der Waals surface area contributed by atoms with Gasteiger partial charge in [0.05, 0.1) is 17.2 Å². The molecule has 4 rings (SSSR count). The summed E-state index contributed by atoms with van der Waals surface area (Å²) in [5.74, 6) is 0.203.